The molecule has 2 N–H and O–H groups in total. The number of nitrogens with two attached hydrogens (primary N) is 1. The lowest BCUT2D eigenvalue weighted by Crippen LogP contribution is -2.00. The Kier molecular flexibility index (Phi) is 4.74. The Hall–Kier alpha value is -2.08. The van der Waals surface area contributed by atoms with Gasteiger partial charge in [0.05, 0.1) is 6.61 Å². The summed E-state index contributed by atoms with van der Waals surface area (Å²) in [4.78, 5) is 4.21. The molecule has 0 unspecified atom stereocenters. The van der Waals surface area contributed by atoms with E-state index in [0.29, 0.717) is 42.8 Å². The fourth-order valence-corrected chi connectivity index (χ4v) is 1.47. The van der Waals surface area contributed by atoms with Gasteiger partial charge in [-0.05, 0) is 31.2 Å². The van der Waals surface area contributed by atoms with Gasteiger partial charge in [0.2, 0.25) is 0 Å². The minimum Gasteiger partial charge on any atom is -0.484 e. The van der Waals surface area contributed by atoms with Crippen LogP contribution in [0, 0.1) is 0 Å². The molecule has 0 aliphatic carbocycles. The van der Waals surface area contributed by atoms with E-state index in [0.717, 1.165) is 0 Å². The lowest BCUT2D eigenvalue weighted by Gasteiger charge is -2.02. The number of rotatable bonds is 7. The van der Waals surface area contributed by atoms with Crippen LogP contribution in [0.3, 0.4) is 0 Å². The molecular formula is C13H17N3O3. The van der Waals surface area contributed by atoms with Gasteiger partial charge in [-0.25, -0.2) is 0 Å². The summed E-state index contributed by atoms with van der Waals surface area (Å²) in [5.41, 5.74) is 6.28. The van der Waals surface area contributed by atoms with Gasteiger partial charge in [0, 0.05) is 18.7 Å². The summed E-state index contributed by atoms with van der Waals surface area (Å²) in [5.74, 6) is 1.79. The number of ether oxygens (including phenoxy) is 2. The van der Waals surface area contributed by atoms with E-state index in [1.54, 1.807) is 24.3 Å². The largest absolute Gasteiger partial charge is 0.484 e. The van der Waals surface area contributed by atoms with Gasteiger partial charge in [0.15, 0.2) is 12.4 Å². The number of nitrogens with zero attached hydrogens (tertiary/aromatic N) is 2. The Morgan fingerprint density at radius 3 is 2.79 bits per heavy atom. The van der Waals surface area contributed by atoms with Crippen LogP contribution in [-0.4, -0.2) is 23.4 Å². The second-order valence-electron chi connectivity index (χ2n) is 3.91. The first-order chi connectivity index (χ1) is 9.28. The standard InChI is InChI=1S/C13H17N3O3/c1-2-17-8-7-12-15-13(19-16-12)9-18-11-5-3-10(14)4-6-11/h3-6H,2,7-9,14H2,1H3. The summed E-state index contributed by atoms with van der Waals surface area (Å²) in [6.45, 7) is 3.47. The Morgan fingerprint density at radius 1 is 1.26 bits per heavy atom. The first-order valence-electron chi connectivity index (χ1n) is 6.15. The molecule has 0 saturated carbocycles. The van der Waals surface area contributed by atoms with Crippen LogP contribution in [0.4, 0.5) is 5.69 Å². The van der Waals surface area contributed by atoms with E-state index in [4.69, 9.17) is 19.7 Å². The maximum atomic E-state index is 5.59. The summed E-state index contributed by atoms with van der Waals surface area (Å²) < 4.78 is 15.8. The van der Waals surface area contributed by atoms with Crippen LogP contribution in [0.2, 0.25) is 0 Å². The van der Waals surface area contributed by atoms with E-state index in [1.165, 1.54) is 0 Å². The molecule has 6 nitrogen and oxygen atoms in total. The lowest BCUT2D eigenvalue weighted by molar-refractivity contribution is 0.149. The Balaban J connectivity index is 1.81. The van der Waals surface area contributed by atoms with Gasteiger partial charge < -0.3 is 19.7 Å². The molecule has 0 fully saturated rings. The molecule has 1 aromatic heterocycles. The number of anilines is 1. The summed E-state index contributed by atoms with van der Waals surface area (Å²) in [6, 6.07) is 7.14. The normalized spacial score (nSPS) is 10.6. The van der Waals surface area contributed by atoms with Crippen molar-refractivity contribution in [2.75, 3.05) is 18.9 Å². The van der Waals surface area contributed by atoms with Crippen molar-refractivity contribution in [1.82, 2.24) is 10.1 Å². The predicted molar refractivity (Wildman–Crippen MR) is 69.7 cm³/mol. The average Bonchev–Trinajstić information content (AvgIpc) is 2.86. The molecule has 6 heteroatoms. The molecule has 2 aromatic rings. The summed E-state index contributed by atoms with van der Waals surface area (Å²) in [6.07, 6.45) is 0.638. The van der Waals surface area contributed by atoms with E-state index >= 15 is 0 Å². The zero-order chi connectivity index (χ0) is 13.5. The molecule has 1 aromatic carbocycles. The highest BCUT2D eigenvalue weighted by atomic mass is 16.5. The third-order valence-electron chi connectivity index (χ3n) is 2.43. The van der Waals surface area contributed by atoms with Crippen molar-refractivity contribution in [2.45, 2.75) is 20.0 Å². The predicted octanol–water partition coefficient (Wildman–Crippen LogP) is 1.81. The quantitative estimate of drug-likeness (QED) is 0.606. The monoisotopic (exact) mass is 263 g/mol. The van der Waals surface area contributed by atoms with Gasteiger partial charge in [-0.2, -0.15) is 4.98 Å². The van der Waals surface area contributed by atoms with Gasteiger partial charge in [0.25, 0.3) is 5.89 Å². The molecule has 0 spiro atoms. The number of hydrogen-bond acceptors (Lipinski definition) is 6. The molecule has 0 aliphatic rings. The highest BCUT2D eigenvalue weighted by Gasteiger charge is 2.06. The molecule has 102 valence electrons. The van der Waals surface area contributed by atoms with E-state index in [1.807, 2.05) is 6.92 Å². The van der Waals surface area contributed by atoms with Crippen LogP contribution < -0.4 is 10.5 Å². The van der Waals surface area contributed by atoms with Gasteiger partial charge >= 0.3 is 0 Å². The first kappa shape index (κ1) is 13.4. The molecule has 0 amide bonds. The molecular weight excluding hydrogens is 246 g/mol. The van der Waals surface area contributed by atoms with Crippen molar-refractivity contribution < 1.29 is 14.0 Å². The Morgan fingerprint density at radius 2 is 2.05 bits per heavy atom. The van der Waals surface area contributed by atoms with E-state index in [-0.39, 0.29) is 6.61 Å². The number of aromatic nitrogens is 2. The molecule has 0 atom stereocenters. The van der Waals surface area contributed by atoms with Crippen LogP contribution in [0.25, 0.3) is 0 Å². The molecule has 0 bridgehead atoms. The van der Waals surface area contributed by atoms with Crippen molar-refractivity contribution >= 4 is 5.69 Å². The zero-order valence-corrected chi connectivity index (χ0v) is 10.8. The summed E-state index contributed by atoms with van der Waals surface area (Å²) in [7, 11) is 0. The van der Waals surface area contributed by atoms with Gasteiger partial charge in [-0.1, -0.05) is 5.16 Å². The zero-order valence-electron chi connectivity index (χ0n) is 10.8. The lowest BCUT2D eigenvalue weighted by atomic mass is 10.3. The SMILES string of the molecule is CCOCCc1noc(COc2ccc(N)cc2)n1. The number of nitrogen functional groups attached to an aromatic ring is 1. The topological polar surface area (TPSA) is 83.4 Å². The van der Waals surface area contributed by atoms with Crippen LogP contribution in [-0.2, 0) is 17.8 Å². The van der Waals surface area contributed by atoms with Crippen LogP contribution in [0.1, 0.15) is 18.6 Å². The van der Waals surface area contributed by atoms with Crippen molar-refractivity contribution in [2.24, 2.45) is 0 Å². The van der Waals surface area contributed by atoms with Gasteiger partial charge in [-0.15, -0.1) is 0 Å². The third kappa shape index (κ3) is 4.26. The molecule has 19 heavy (non-hydrogen) atoms. The van der Waals surface area contributed by atoms with Crippen LogP contribution >= 0.6 is 0 Å². The molecule has 0 aliphatic heterocycles. The Bertz CT molecular complexity index is 496. The average molecular weight is 263 g/mol. The second kappa shape index (κ2) is 6.75. The highest BCUT2D eigenvalue weighted by Crippen LogP contribution is 2.14. The van der Waals surface area contributed by atoms with Crippen molar-refractivity contribution in [3.63, 3.8) is 0 Å². The molecule has 0 radical (unpaired) electrons. The van der Waals surface area contributed by atoms with Crippen LogP contribution in [0.15, 0.2) is 28.8 Å². The maximum absolute atomic E-state index is 5.59. The minimum absolute atomic E-state index is 0.242. The Labute approximate surface area is 111 Å². The van der Waals surface area contributed by atoms with Crippen LogP contribution in [0.5, 0.6) is 5.75 Å². The first-order valence-corrected chi connectivity index (χ1v) is 6.15. The molecule has 2 rings (SSSR count). The summed E-state index contributed by atoms with van der Waals surface area (Å²) >= 11 is 0. The van der Waals surface area contributed by atoms with E-state index in [9.17, 15) is 0 Å². The maximum Gasteiger partial charge on any atom is 0.264 e. The second-order valence-corrected chi connectivity index (χ2v) is 3.91. The smallest absolute Gasteiger partial charge is 0.264 e. The number of benzene rings is 1. The summed E-state index contributed by atoms with van der Waals surface area (Å²) in [5, 5.41) is 3.85. The van der Waals surface area contributed by atoms with E-state index in [2.05, 4.69) is 10.1 Å². The number of hydrogen-bond donors (Lipinski definition) is 1. The van der Waals surface area contributed by atoms with Crippen molar-refractivity contribution in [3.05, 3.63) is 36.0 Å². The fourth-order valence-electron chi connectivity index (χ4n) is 1.47. The molecule has 0 saturated heterocycles. The highest BCUT2D eigenvalue weighted by molar-refractivity contribution is 5.41. The van der Waals surface area contributed by atoms with Gasteiger partial charge in [-0.3, -0.25) is 0 Å². The fraction of sp³-hybridized carbons (Fsp3) is 0.385. The third-order valence-corrected chi connectivity index (χ3v) is 2.43. The van der Waals surface area contributed by atoms with Crippen molar-refractivity contribution in [3.8, 4) is 5.75 Å². The molecule has 1 heterocycles. The van der Waals surface area contributed by atoms with Gasteiger partial charge in [0.1, 0.15) is 5.75 Å². The van der Waals surface area contributed by atoms with E-state index < -0.39 is 0 Å². The van der Waals surface area contributed by atoms with Crippen molar-refractivity contribution in [1.29, 1.82) is 0 Å². The minimum atomic E-state index is 0.242.